The van der Waals surface area contributed by atoms with E-state index in [1.54, 1.807) is 25.3 Å². The van der Waals surface area contributed by atoms with Crippen LogP contribution in [-0.2, 0) is 6.61 Å². The fourth-order valence-electron chi connectivity index (χ4n) is 1.79. The predicted octanol–water partition coefficient (Wildman–Crippen LogP) is 2.85. The summed E-state index contributed by atoms with van der Waals surface area (Å²) in [5.74, 6) is 1.17. The molecule has 0 aliphatic carbocycles. The van der Waals surface area contributed by atoms with Gasteiger partial charge in [-0.15, -0.1) is 12.4 Å². The molecule has 0 amide bonds. The minimum Gasteiger partial charge on any atom is -0.497 e. The average molecular weight is 318 g/mol. The van der Waals surface area contributed by atoms with Crippen molar-refractivity contribution in [3.05, 3.63) is 59.2 Å². The van der Waals surface area contributed by atoms with Crippen LogP contribution in [0.2, 0.25) is 0 Å². The number of nitrogens with zero attached hydrogens (tertiary/aromatic N) is 1. The molecule has 22 heavy (non-hydrogen) atoms. The molecule has 0 aliphatic rings. The number of halogens is 1. The lowest BCUT2D eigenvalue weighted by molar-refractivity contribution is 0.305. The molecule has 0 fully saturated rings. The summed E-state index contributed by atoms with van der Waals surface area (Å²) >= 11 is 0. The Bertz CT molecular complexity index is 694. The molecule has 0 aromatic heterocycles. The van der Waals surface area contributed by atoms with E-state index in [4.69, 9.17) is 25.9 Å². The number of nitriles is 1. The average Bonchev–Trinajstić information content (AvgIpc) is 2.53. The van der Waals surface area contributed by atoms with Crippen molar-refractivity contribution in [1.82, 2.24) is 0 Å². The van der Waals surface area contributed by atoms with Crippen molar-refractivity contribution < 1.29 is 9.47 Å². The van der Waals surface area contributed by atoms with E-state index in [0.29, 0.717) is 23.5 Å². The molecule has 0 saturated heterocycles. The second-order valence-electron chi connectivity index (χ2n) is 4.37. The number of hydrogen-bond acceptors (Lipinski definition) is 4. The van der Waals surface area contributed by atoms with Gasteiger partial charge >= 0.3 is 0 Å². The summed E-state index contributed by atoms with van der Waals surface area (Å²) in [6, 6.07) is 14.4. The van der Waals surface area contributed by atoms with Gasteiger partial charge < -0.3 is 15.2 Å². The molecule has 0 aliphatic heterocycles. The molecule has 0 bridgehead atoms. The highest BCUT2D eigenvalue weighted by Gasteiger charge is 2.07. The van der Waals surface area contributed by atoms with E-state index in [2.05, 4.69) is 0 Å². The first-order chi connectivity index (χ1) is 10.1. The first-order valence-electron chi connectivity index (χ1n) is 6.28. The second kappa shape index (κ2) is 7.91. The third-order valence-electron chi connectivity index (χ3n) is 2.96. The number of benzene rings is 2. The molecule has 2 aromatic carbocycles. The normalized spacial score (nSPS) is 9.27. The maximum absolute atomic E-state index is 9.13. The van der Waals surface area contributed by atoms with Crippen LogP contribution < -0.4 is 15.2 Å². The van der Waals surface area contributed by atoms with Crippen molar-refractivity contribution in [2.45, 2.75) is 6.61 Å². The first-order valence-corrected chi connectivity index (χ1v) is 6.28. The quantitative estimate of drug-likeness (QED) is 0.655. The molecule has 5 nitrogen and oxygen atoms in total. The minimum atomic E-state index is -0.0757. The zero-order chi connectivity index (χ0) is 15.2. The molecular weight excluding hydrogens is 302 g/mol. The van der Waals surface area contributed by atoms with Crippen LogP contribution in [0.15, 0.2) is 42.5 Å². The van der Waals surface area contributed by atoms with Gasteiger partial charge in [0, 0.05) is 5.56 Å². The van der Waals surface area contributed by atoms with Gasteiger partial charge in [0.2, 0.25) is 0 Å². The zero-order valence-corrected chi connectivity index (χ0v) is 12.8. The summed E-state index contributed by atoms with van der Waals surface area (Å²) in [6.45, 7) is 0.345. The van der Waals surface area contributed by atoms with Gasteiger partial charge in [0.1, 0.15) is 30.0 Å². The molecule has 3 N–H and O–H groups in total. The number of hydrogen-bond donors (Lipinski definition) is 2. The maximum Gasteiger partial charge on any atom is 0.137 e. The Kier molecular flexibility index (Phi) is 6.24. The molecular formula is C16H16ClN3O2. The van der Waals surface area contributed by atoms with Gasteiger partial charge in [-0.2, -0.15) is 5.26 Å². The van der Waals surface area contributed by atoms with Gasteiger partial charge in [-0.3, -0.25) is 5.41 Å². The van der Waals surface area contributed by atoms with E-state index in [1.165, 1.54) is 0 Å². The SMILES string of the molecule is COc1ccc(COc2ccc(C(=N)N)cc2C#N)cc1.Cl. The molecule has 2 rings (SSSR count). The highest BCUT2D eigenvalue weighted by molar-refractivity contribution is 5.95. The molecule has 0 heterocycles. The molecule has 0 saturated carbocycles. The standard InChI is InChI=1S/C16H15N3O2.ClH/c1-20-14-5-2-11(3-6-14)10-21-15-7-4-12(16(18)19)8-13(15)9-17;/h2-8H,10H2,1H3,(H3,18,19);1H. The van der Waals surface area contributed by atoms with Gasteiger partial charge in [-0.25, -0.2) is 0 Å². The summed E-state index contributed by atoms with van der Waals surface area (Å²) in [7, 11) is 1.61. The van der Waals surface area contributed by atoms with Gasteiger partial charge in [-0.1, -0.05) is 12.1 Å². The Balaban J connectivity index is 0.00000242. The number of methoxy groups -OCH3 is 1. The topological polar surface area (TPSA) is 92.1 Å². The number of rotatable bonds is 5. The monoisotopic (exact) mass is 317 g/mol. The summed E-state index contributed by atoms with van der Waals surface area (Å²) in [5, 5.41) is 16.5. The minimum absolute atomic E-state index is 0. The van der Waals surface area contributed by atoms with Crippen LogP contribution in [0.4, 0.5) is 0 Å². The summed E-state index contributed by atoms with van der Waals surface area (Å²) in [5.41, 5.74) is 7.23. The van der Waals surface area contributed by atoms with Crippen LogP contribution in [-0.4, -0.2) is 12.9 Å². The third-order valence-corrected chi connectivity index (χ3v) is 2.96. The molecule has 0 unspecified atom stereocenters. The van der Waals surface area contributed by atoms with Crippen molar-refractivity contribution in [1.29, 1.82) is 10.7 Å². The Morgan fingerprint density at radius 3 is 2.45 bits per heavy atom. The fourth-order valence-corrected chi connectivity index (χ4v) is 1.79. The van der Waals surface area contributed by atoms with Crippen molar-refractivity contribution in [3.63, 3.8) is 0 Å². The summed E-state index contributed by atoms with van der Waals surface area (Å²) < 4.78 is 10.7. The van der Waals surface area contributed by atoms with Gasteiger partial charge in [0.15, 0.2) is 0 Å². The number of nitrogens with two attached hydrogens (primary N) is 1. The molecule has 6 heteroatoms. The summed E-state index contributed by atoms with van der Waals surface area (Å²) in [6.07, 6.45) is 0. The Labute approximate surface area is 135 Å². The lowest BCUT2D eigenvalue weighted by atomic mass is 10.1. The van der Waals surface area contributed by atoms with Crippen LogP contribution >= 0.6 is 12.4 Å². The van der Waals surface area contributed by atoms with Crippen LogP contribution in [0.25, 0.3) is 0 Å². The zero-order valence-electron chi connectivity index (χ0n) is 12.0. The second-order valence-corrected chi connectivity index (χ2v) is 4.37. The molecule has 0 radical (unpaired) electrons. The molecule has 114 valence electrons. The van der Waals surface area contributed by atoms with E-state index >= 15 is 0 Å². The van der Waals surface area contributed by atoms with Gasteiger partial charge in [-0.05, 0) is 35.9 Å². The summed E-state index contributed by atoms with van der Waals surface area (Å²) in [4.78, 5) is 0. The van der Waals surface area contributed by atoms with Gasteiger partial charge in [0.05, 0.1) is 12.7 Å². The highest BCUT2D eigenvalue weighted by Crippen LogP contribution is 2.21. The smallest absolute Gasteiger partial charge is 0.137 e. The maximum atomic E-state index is 9.13. The van der Waals surface area contributed by atoms with Crippen LogP contribution in [0, 0.1) is 16.7 Å². The number of ether oxygens (including phenoxy) is 2. The largest absolute Gasteiger partial charge is 0.497 e. The van der Waals surface area contributed by atoms with E-state index in [9.17, 15) is 0 Å². The molecule has 0 spiro atoms. The number of nitrogen functional groups attached to an aromatic ring is 1. The van der Waals surface area contributed by atoms with Crippen molar-refractivity contribution in [3.8, 4) is 17.6 Å². The Morgan fingerprint density at radius 1 is 1.23 bits per heavy atom. The van der Waals surface area contributed by atoms with Crippen LogP contribution in [0.1, 0.15) is 16.7 Å². The molecule has 2 aromatic rings. The Hall–Kier alpha value is -2.71. The fraction of sp³-hybridized carbons (Fsp3) is 0.125. The first kappa shape index (κ1) is 17.3. The number of amidine groups is 1. The van der Waals surface area contributed by atoms with Crippen LogP contribution in [0.3, 0.4) is 0 Å². The molecule has 0 atom stereocenters. The van der Waals surface area contributed by atoms with E-state index in [1.807, 2.05) is 30.3 Å². The van der Waals surface area contributed by atoms with E-state index in [0.717, 1.165) is 11.3 Å². The Morgan fingerprint density at radius 2 is 1.91 bits per heavy atom. The van der Waals surface area contributed by atoms with E-state index in [-0.39, 0.29) is 18.2 Å². The lowest BCUT2D eigenvalue weighted by Gasteiger charge is -2.09. The predicted molar refractivity (Wildman–Crippen MR) is 86.7 cm³/mol. The van der Waals surface area contributed by atoms with Crippen molar-refractivity contribution in [2.24, 2.45) is 5.73 Å². The van der Waals surface area contributed by atoms with Crippen LogP contribution in [0.5, 0.6) is 11.5 Å². The van der Waals surface area contributed by atoms with E-state index < -0.39 is 0 Å². The lowest BCUT2D eigenvalue weighted by Crippen LogP contribution is -2.11. The van der Waals surface area contributed by atoms with Crippen molar-refractivity contribution >= 4 is 18.2 Å². The highest BCUT2D eigenvalue weighted by atomic mass is 35.5. The number of nitrogens with one attached hydrogen (secondary N) is 1. The van der Waals surface area contributed by atoms with Gasteiger partial charge in [0.25, 0.3) is 0 Å². The third kappa shape index (κ3) is 4.14. The van der Waals surface area contributed by atoms with Crippen molar-refractivity contribution in [2.75, 3.05) is 7.11 Å².